The average molecular weight is 364 g/mol. The molecule has 7 heteroatoms. The van der Waals surface area contributed by atoms with E-state index in [1.165, 1.54) is 25.7 Å². The van der Waals surface area contributed by atoms with Crippen LogP contribution in [0.5, 0.6) is 0 Å². The summed E-state index contributed by atoms with van der Waals surface area (Å²) in [6.45, 7) is 8.14. The van der Waals surface area contributed by atoms with Crippen LogP contribution in [0.25, 0.3) is 0 Å². The molecule has 146 valence electrons. The number of aliphatic imine (C=N–C) groups is 1. The summed E-state index contributed by atoms with van der Waals surface area (Å²) in [6.07, 6.45) is 5.63. The largest absolute Gasteiger partial charge is 0.378 e. The fourth-order valence-electron chi connectivity index (χ4n) is 4.39. The van der Waals surface area contributed by atoms with Crippen molar-refractivity contribution in [2.75, 3.05) is 72.6 Å². The molecule has 7 nitrogen and oxygen atoms in total. The third-order valence-electron chi connectivity index (χ3n) is 6.54. The topological polar surface area (TPSA) is 60.4 Å². The van der Waals surface area contributed by atoms with Gasteiger partial charge in [-0.3, -0.25) is 14.7 Å². The third kappa shape index (κ3) is 4.14. The van der Waals surface area contributed by atoms with Gasteiger partial charge in [-0.15, -0.1) is 0 Å². The number of piperazine rings is 1. The number of nitrogens with zero attached hydrogens (tertiary/aromatic N) is 4. The van der Waals surface area contributed by atoms with Crippen molar-refractivity contribution >= 4 is 11.9 Å². The van der Waals surface area contributed by atoms with Gasteiger partial charge in [0.1, 0.15) is 0 Å². The van der Waals surface area contributed by atoms with Gasteiger partial charge in [0.2, 0.25) is 5.91 Å². The third-order valence-corrected chi connectivity index (χ3v) is 6.54. The molecule has 0 atom stereocenters. The van der Waals surface area contributed by atoms with Crippen LogP contribution in [0.15, 0.2) is 4.99 Å². The predicted octanol–water partition coefficient (Wildman–Crippen LogP) is 0.228. The van der Waals surface area contributed by atoms with Gasteiger partial charge in [0.25, 0.3) is 0 Å². The van der Waals surface area contributed by atoms with E-state index in [0.717, 1.165) is 57.7 Å². The van der Waals surface area contributed by atoms with Gasteiger partial charge in [-0.05, 0) is 37.0 Å². The van der Waals surface area contributed by atoms with Crippen molar-refractivity contribution in [2.24, 2.45) is 16.3 Å². The maximum Gasteiger partial charge on any atom is 0.236 e. The fraction of sp³-hybridized carbons (Fsp3) is 0.895. The molecule has 26 heavy (non-hydrogen) atoms. The Hall–Kier alpha value is -1.34. The lowest BCUT2D eigenvalue weighted by Crippen LogP contribution is -2.55. The molecule has 4 fully saturated rings. The van der Waals surface area contributed by atoms with Gasteiger partial charge in [0.15, 0.2) is 5.96 Å². The maximum atomic E-state index is 12.4. The van der Waals surface area contributed by atoms with E-state index in [0.29, 0.717) is 25.2 Å². The van der Waals surface area contributed by atoms with E-state index in [2.05, 4.69) is 20.1 Å². The highest BCUT2D eigenvalue weighted by molar-refractivity contribution is 5.80. The van der Waals surface area contributed by atoms with Crippen LogP contribution in [-0.4, -0.2) is 99.2 Å². The summed E-state index contributed by atoms with van der Waals surface area (Å²) >= 11 is 0. The quantitative estimate of drug-likeness (QED) is 0.560. The van der Waals surface area contributed by atoms with Crippen LogP contribution < -0.4 is 5.32 Å². The molecule has 0 spiro atoms. The zero-order valence-electron chi connectivity index (χ0n) is 16.1. The molecular weight excluding hydrogens is 330 g/mol. The fourth-order valence-corrected chi connectivity index (χ4v) is 4.39. The first-order valence-corrected chi connectivity index (χ1v) is 10.2. The van der Waals surface area contributed by atoms with Crippen LogP contribution in [0.2, 0.25) is 0 Å². The molecular formula is C19H33N5O2. The number of carbonyl (C=O) groups excluding carboxylic acids is 1. The predicted molar refractivity (Wildman–Crippen MR) is 101 cm³/mol. The lowest BCUT2D eigenvalue weighted by molar-refractivity contribution is -0.136. The van der Waals surface area contributed by atoms with E-state index < -0.39 is 0 Å². The Labute approximate surface area is 156 Å². The summed E-state index contributed by atoms with van der Waals surface area (Å²) in [5.74, 6) is 2.25. The lowest BCUT2D eigenvalue weighted by Gasteiger charge is -2.37. The van der Waals surface area contributed by atoms with E-state index in [9.17, 15) is 4.79 Å². The summed E-state index contributed by atoms with van der Waals surface area (Å²) in [4.78, 5) is 23.5. The van der Waals surface area contributed by atoms with Gasteiger partial charge in [0.05, 0.1) is 19.8 Å². The summed E-state index contributed by atoms with van der Waals surface area (Å²) < 4.78 is 5.33. The second-order valence-corrected chi connectivity index (χ2v) is 8.29. The van der Waals surface area contributed by atoms with Crippen LogP contribution in [-0.2, 0) is 9.53 Å². The molecule has 0 radical (unpaired) electrons. The highest BCUT2D eigenvalue weighted by Crippen LogP contribution is 2.60. The maximum absolute atomic E-state index is 12.4. The van der Waals surface area contributed by atoms with Crippen LogP contribution >= 0.6 is 0 Å². The van der Waals surface area contributed by atoms with Gasteiger partial charge >= 0.3 is 0 Å². The molecule has 0 aromatic rings. The number of nitrogens with one attached hydrogen (secondary N) is 1. The number of ether oxygens (including phenoxy) is 1. The van der Waals surface area contributed by atoms with Gasteiger partial charge in [-0.25, -0.2) is 0 Å². The molecule has 2 saturated heterocycles. The number of amides is 1. The molecule has 4 aliphatic rings. The lowest BCUT2D eigenvalue weighted by atomic mass is 10.0. The van der Waals surface area contributed by atoms with Crippen molar-refractivity contribution in [1.29, 1.82) is 0 Å². The Kier molecular flexibility index (Phi) is 5.36. The Morgan fingerprint density at radius 3 is 2.35 bits per heavy atom. The van der Waals surface area contributed by atoms with E-state index >= 15 is 0 Å². The number of hydrogen-bond acceptors (Lipinski definition) is 4. The van der Waals surface area contributed by atoms with Crippen molar-refractivity contribution in [2.45, 2.75) is 25.7 Å². The van der Waals surface area contributed by atoms with Gasteiger partial charge in [0, 0.05) is 52.9 Å². The molecule has 0 unspecified atom stereocenters. The van der Waals surface area contributed by atoms with Crippen molar-refractivity contribution in [3.63, 3.8) is 0 Å². The minimum absolute atomic E-state index is 0.240. The monoisotopic (exact) mass is 363 g/mol. The SMILES string of the molecule is CN=C(NCC1(C2CC2)CC1)N1CCN(CC(=O)N2CCOCC2)CC1. The van der Waals surface area contributed by atoms with Crippen LogP contribution in [0.3, 0.4) is 0 Å². The average Bonchev–Trinajstić information content (AvgIpc) is 3.57. The highest BCUT2D eigenvalue weighted by Gasteiger charge is 2.53. The summed E-state index contributed by atoms with van der Waals surface area (Å²) in [7, 11) is 1.88. The second kappa shape index (κ2) is 7.72. The number of hydrogen-bond donors (Lipinski definition) is 1. The molecule has 1 amide bonds. The summed E-state index contributed by atoms with van der Waals surface area (Å²) in [5.41, 5.74) is 0.586. The molecule has 0 bridgehead atoms. The molecule has 2 aliphatic heterocycles. The molecule has 0 aromatic carbocycles. The molecule has 1 N–H and O–H groups in total. The van der Waals surface area contributed by atoms with Crippen molar-refractivity contribution in [1.82, 2.24) is 20.0 Å². The first kappa shape index (κ1) is 18.0. The Morgan fingerprint density at radius 2 is 1.77 bits per heavy atom. The van der Waals surface area contributed by atoms with Crippen molar-refractivity contribution in [3.05, 3.63) is 0 Å². The van der Waals surface area contributed by atoms with E-state index in [1.54, 1.807) is 0 Å². The summed E-state index contributed by atoms with van der Waals surface area (Å²) in [5, 5.41) is 3.64. The zero-order valence-corrected chi connectivity index (χ0v) is 16.1. The van der Waals surface area contributed by atoms with Gasteiger partial charge in [-0.1, -0.05) is 0 Å². The zero-order chi connectivity index (χ0) is 18.0. The highest BCUT2D eigenvalue weighted by atomic mass is 16.5. The minimum atomic E-state index is 0.240. The Bertz CT molecular complexity index is 530. The molecule has 2 heterocycles. The van der Waals surface area contributed by atoms with Crippen LogP contribution in [0.4, 0.5) is 0 Å². The molecule has 4 rings (SSSR count). The van der Waals surface area contributed by atoms with Crippen LogP contribution in [0.1, 0.15) is 25.7 Å². The molecule has 2 saturated carbocycles. The van der Waals surface area contributed by atoms with Crippen molar-refractivity contribution in [3.8, 4) is 0 Å². The number of rotatable bonds is 5. The first-order valence-electron chi connectivity index (χ1n) is 10.2. The number of morpholine rings is 1. The van der Waals surface area contributed by atoms with Gasteiger partial charge in [-0.2, -0.15) is 0 Å². The van der Waals surface area contributed by atoms with E-state index in [4.69, 9.17) is 4.74 Å². The van der Waals surface area contributed by atoms with Crippen LogP contribution in [0, 0.1) is 11.3 Å². The molecule has 0 aromatic heterocycles. The Morgan fingerprint density at radius 1 is 1.08 bits per heavy atom. The van der Waals surface area contributed by atoms with E-state index in [-0.39, 0.29) is 5.91 Å². The van der Waals surface area contributed by atoms with Gasteiger partial charge < -0.3 is 19.9 Å². The standard InChI is InChI=1S/C19H33N5O2/c1-20-18(21-15-19(4-5-19)16-2-3-16)24-8-6-22(7-9-24)14-17(25)23-10-12-26-13-11-23/h16H,2-15H2,1H3,(H,20,21). The smallest absolute Gasteiger partial charge is 0.236 e. The second-order valence-electron chi connectivity index (χ2n) is 8.29. The summed E-state index contributed by atoms with van der Waals surface area (Å²) in [6, 6.07) is 0. The first-order chi connectivity index (χ1) is 12.7. The number of carbonyl (C=O) groups is 1. The minimum Gasteiger partial charge on any atom is -0.378 e. The number of guanidine groups is 1. The molecule has 2 aliphatic carbocycles. The normalized spacial score (nSPS) is 26.7. The van der Waals surface area contributed by atoms with Crippen molar-refractivity contribution < 1.29 is 9.53 Å². The van der Waals surface area contributed by atoms with E-state index in [1.807, 2.05) is 11.9 Å². The Balaban J connectivity index is 1.20.